The van der Waals surface area contributed by atoms with Crippen molar-refractivity contribution in [2.75, 3.05) is 17.3 Å². The Labute approximate surface area is 201 Å². The van der Waals surface area contributed by atoms with E-state index in [4.69, 9.17) is 0 Å². The molecule has 1 saturated carbocycles. The molecular formula is C24H34N4O3S2. The summed E-state index contributed by atoms with van der Waals surface area (Å²) >= 11 is 1.38. The van der Waals surface area contributed by atoms with E-state index in [0.29, 0.717) is 12.5 Å². The lowest BCUT2D eigenvalue weighted by Crippen LogP contribution is -2.36. The first-order valence-corrected chi connectivity index (χ1v) is 14.6. The second-order valence-electron chi connectivity index (χ2n) is 10.3. The quantitative estimate of drug-likeness (QED) is 0.612. The highest BCUT2D eigenvalue weighted by Crippen LogP contribution is 2.36. The molecule has 180 valence electrons. The van der Waals surface area contributed by atoms with Crippen molar-refractivity contribution in [2.24, 2.45) is 0 Å². The summed E-state index contributed by atoms with van der Waals surface area (Å²) in [6.07, 6.45) is 6.29. The maximum Gasteiger partial charge on any atom is 0.230 e. The molecule has 0 bridgehead atoms. The molecule has 1 aromatic carbocycles. The van der Waals surface area contributed by atoms with Crippen LogP contribution in [0, 0.1) is 0 Å². The summed E-state index contributed by atoms with van der Waals surface area (Å²) in [6.45, 7) is 6.61. The largest absolute Gasteiger partial charge is 0.352 e. The number of thioether (sulfide) groups is 1. The maximum absolute atomic E-state index is 12.5. The van der Waals surface area contributed by atoms with Crippen LogP contribution in [0.3, 0.4) is 0 Å². The van der Waals surface area contributed by atoms with Gasteiger partial charge in [0.15, 0.2) is 20.8 Å². The number of hydrogen-bond acceptors (Lipinski definition) is 6. The Morgan fingerprint density at radius 2 is 1.79 bits per heavy atom. The molecule has 1 N–H and O–H groups in total. The van der Waals surface area contributed by atoms with Crippen molar-refractivity contribution < 1.29 is 13.2 Å². The molecule has 1 atom stereocenters. The van der Waals surface area contributed by atoms with Crippen LogP contribution in [0.2, 0.25) is 0 Å². The number of aromatic nitrogens is 3. The van der Waals surface area contributed by atoms with Gasteiger partial charge in [-0.1, -0.05) is 76.1 Å². The van der Waals surface area contributed by atoms with E-state index in [1.807, 2.05) is 0 Å². The van der Waals surface area contributed by atoms with Gasteiger partial charge in [0.2, 0.25) is 5.91 Å². The topological polar surface area (TPSA) is 94.0 Å². The Kier molecular flexibility index (Phi) is 7.19. The first-order chi connectivity index (χ1) is 15.6. The van der Waals surface area contributed by atoms with Gasteiger partial charge in [-0.05, 0) is 30.2 Å². The lowest BCUT2D eigenvalue weighted by Gasteiger charge is -2.26. The van der Waals surface area contributed by atoms with Crippen LogP contribution in [-0.2, 0) is 20.0 Å². The Morgan fingerprint density at radius 1 is 1.09 bits per heavy atom. The highest BCUT2D eigenvalue weighted by molar-refractivity contribution is 7.99. The van der Waals surface area contributed by atoms with Crippen molar-refractivity contribution in [3.63, 3.8) is 0 Å². The molecular weight excluding hydrogens is 456 g/mol. The van der Waals surface area contributed by atoms with Crippen molar-refractivity contribution in [1.29, 1.82) is 0 Å². The van der Waals surface area contributed by atoms with Gasteiger partial charge in [-0.25, -0.2) is 8.42 Å². The summed E-state index contributed by atoms with van der Waals surface area (Å²) in [7, 11) is -3.02. The van der Waals surface area contributed by atoms with E-state index >= 15 is 0 Å². The Hall–Kier alpha value is -1.87. The predicted octanol–water partition coefficient (Wildman–Crippen LogP) is 4.14. The molecule has 1 saturated heterocycles. The van der Waals surface area contributed by atoms with E-state index in [9.17, 15) is 13.2 Å². The number of hydrogen-bond donors (Lipinski definition) is 1. The molecule has 1 amide bonds. The van der Waals surface area contributed by atoms with Crippen LogP contribution in [0.25, 0.3) is 11.4 Å². The molecule has 1 aliphatic carbocycles. The fourth-order valence-corrected chi connectivity index (χ4v) is 7.16. The second-order valence-corrected chi connectivity index (χ2v) is 13.4. The lowest BCUT2D eigenvalue weighted by atomic mass is 9.86. The smallest absolute Gasteiger partial charge is 0.230 e. The van der Waals surface area contributed by atoms with Crippen LogP contribution in [0.15, 0.2) is 29.4 Å². The molecule has 0 radical (unpaired) electrons. The third-order valence-electron chi connectivity index (χ3n) is 6.54. The van der Waals surface area contributed by atoms with Crippen LogP contribution in [0.5, 0.6) is 0 Å². The number of rotatable bonds is 6. The molecule has 9 heteroatoms. The summed E-state index contributed by atoms with van der Waals surface area (Å²) in [6, 6.07) is 8.60. The van der Waals surface area contributed by atoms with E-state index in [1.165, 1.54) is 36.6 Å². The van der Waals surface area contributed by atoms with E-state index in [1.54, 1.807) is 0 Å². The Balaban J connectivity index is 1.52. The minimum absolute atomic E-state index is 0.0381. The molecule has 2 fully saturated rings. The highest BCUT2D eigenvalue weighted by atomic mass is 32.2. The number of benzene rings is 1. The van der Waals surface area contributed by atoms with Crippen LogP contribution in [0.1, 0.15) is 70.9 Å². The first kappa shape index (κ1) is 24.3. The van der Waals surface area contributed by atoms with Crippen molar-refractivity contribution >= 4 is 27.5 Å². The molecule has 33 heavy (non-hydrogen) atoms. The zero-order valence-corrected chi connectivity index (χ0v) is 21.3. The van der Waals surface area contributed by atoms with Crippen LogP contribution in [0.4, 0.5) is 0 Å². The van der Waals surface area contributed by atoms with Gasteiger partial charge in [-0.15, -0.1) is 10.2 Å². The molecule has 2 heterocycles. The number of amides is 1. The van der Waals surface area contributed by atoms with E-state index in [0.717, 1.165) is 29.4 Å². The van der Waals surface area contributed by atoms with E-state index in [2.05, 4.69) is 65.1 Å². The lowest BCUT2D eigenvalue weighted by molar-refractivity contribution is -0.119. The SMILES string of the molecule is CC(C)(C)c1ccc(-c2nnc(SCC(=O)NC3CCS(=O)(=O)C3)n2C2CCCCC2)cc1. The van der Waals surface area contributed by atoms with Gasteiger partial charge in [0, 0.05) is 17.6 Å². The zero-order valence-electron chi connectivity index (χ0n) is 19.7. The summed E-state index contributed by atoms with van der Waals surface area (Å²) in [5.41, 5.74) is 2.39. The summed E-state index contributed by atoms with van der Waals surface area (Å²) < 4.78 is 25.5. The van der Waals surface area contributed by atoms with Gasteiger partial charge in [-0.3, -0.25) is 9.36 Å². The molecule has 1 unspecified atom stereocenters. The number of carbonyl (C=O) groups excluding carboxylic acids is 1. The van der Waals surface area contributed by atoms with Crippen molar-refractivity contribution in [2.45, 2.75) is 82.0 Å². The zero-order chi connectivity index (χ0) is 23.6. The minimum Gasteiger partial charge on any atom is -0.352 e. The maximum atomic E-state index is 12.5. The molecule has 1 aliphatic heterocycles. The first-order valence-electron chi connectivity index (χ1n) is 11.8. The standard InChI is InChI=1S/C24H34N4O3S2/c1-24(2,3)18-11-9-17(10-12-18)22-26-27-23(28(22)20-7-5-4-6-8-20)32-15-21(29)25-19-13-14-33(30,31)16-19/h9-12,19-20H,4-8,13-16H2,1-3H3,(H,25,29). The number of carbonyl (C=O) groups is 1. The van der Waals surface area contributed by atoms with E-state index < -0.39 is 9.84 Å². The van der Waals surface area contributed by atoms with Gasteiger partial charge in [0.25, 0.3) is 0 Å². The molecule has 2 aromatic rings. The normalized spacial score (nSPS) is 21.2. The van der Waals surface area contributed by atoms with Crippen molar-refractivity contribution in [3.05, 3.63) is 29.8 Å². The Bertz CT molecular complexity index is 1080. The third-order valence-corrected chi connectivity index (χ3v) is 9.25. The van der Waals surface area contributed by atoms with Gasteiger partial charge in [-0.2, -0.15) is 0 Å². The van der Waals surface area contributed by atoms with Crippen LogP contribution in [-0.4, -0.2) is 52.4 Å². The van der Waals surface area contributed by atoms with E-state index in [-0.39, 0.29) is 34.6 Å². The van der Waals surface area contributed by atoms with Crippen molar-refractivity contribution in [3.8, 4) is 11.4 Å². The predicted molar refractivity (Wildman–Crippen MR) is 132 cm³/mol. The van der Waals surface area contributed by atoms with Gasteiger partial charge >= 0.3 is 0 Å². The van der Waals surface area contributed by atoms with Crippen LogP contribution >= 0.6 is 11.8 Å². The fourth-order valence-electron chi connectivity index (χ4n) is 4.67. The van der Waals surface area contributed by atoms with Crippen molar-refractivity contribution in [1.82, 2.24) is 20.1 Å². The Morgan fingerprint density at radius 3 is 2.39 bits per heavy atom. The molecule has 2 aliphatic rings. The third kappa shape index (κ3) is 5.98. The monoisotopic (exact) mass is 490 g/mol. The summed E-state index contributed by atoms with van der Waals surface area (Å²) in [4.78, 5) is 12.5. The number of sulfone groups is 1. The molecule has 4 rings (SSSR count). The van der Waals surface area contributed by atoms with Gasteiger partial charge < -0.3 is 5.32 Å². The number of nitrogens with one attached hydrogen (secondary N) is 1. The highest BCUT2D eigenvalue weighted by Gasteiger charge is 2.29. The fraction of sp³-hybridized carbons (Fsp3) is 0.625. The van der Waals surface area contributed by atoms with Gasteiger partial charge in [0.05, 0.1) is 17.3 Å². The molecule has 0 spiro atoms. The minimum atomic E-state index is -3.02. The number of nitrogens with zero attached hydrogens (tertiary/aromatic N) is 3. The molecule has 7 nitrogen and oxygen atoms in total. The molecule has 1 aromatic heterocycles. The second kappa shape index (κ2) is 9.78. The summed E-state index contributed by atoms with van der Waals surface area (Å²) in [5.74, 6) is 1.09. The summed E-state index contributed by atoms with van der Waals surface area (Å²) in [5, 5.41) is 12.6. The van der Waals surface area contributed by atoms with Gasteiger partial charge in [0.1, 0.15) is 0 Å². The average molecular weight is 491 g/mol. The van der Waals surface area contributed by atoms with Crippen LogP contribution < -0.4 is 5.32 Å². The average Bonchev–Trinajstić information content (AvgIpc) is 3.35.